The van der Waals surface area contributed by atoms with Crippen LogP contribution in [-0.4, -0.2) is 45.2 Å². The van der Waals surface area contributed by atoms with E-state index in [1.165, 1.54) is 12.1 Å². The van der Waals surface area contributed by atoms with Crippen LogP contribution in [0, 0.1) is 10.1 Å². The molecule has 1 N–H and O–H groups in total. The Hall–Kier alpha value is -3.30. The molecule has 106 valence electrons. The van der Waals surface area contributed by atoms with Crippen molar-refractivity contribution in [1.82, 2.24) is 15.3 Å². The Labute approximate surface area is 116 Å². The zero-order valence-electron chi connectivity index (χ0n) is 10.2. The smallest absolute Gasteiger partial charge is 0.275 e. The molecule has 1 fully saturated rings. The Morgan fingerprint density at radius 2 is 1.86 bits per heavy atom. The average Bonchev–Trinajstić information content (AvgIpc) is 2.88. The van der Waals surface area contributed by atoms with Gasteiger partial charge in [0.05, 0.1) is 10.5 Å². The summed E-state index contributed by atoms with van der Waals surface area (Å²) in [4.78, 5) is 57.3. The molecule has 2 aliphatic heterocycles. The summed E-state index contributed by atoms with van der Waals surface area (Å²) in [5.41, 5.74) is -1.10. The number of amides is 5. The highest BCUT2D eigenvalue weighted by Crippen LogP contribution is 2.31. The van der Waals surface area contributed by atoms with Gasteiger partial charge in [-0.05, 0) is 6.07 Å². The molecule has 0 radical (unpaired) electrons. The van der Waals surface area contributed by atoms with Crippen LogP contribution in [0.2, 0.25) is 0 Å². The molecule has 0 unspecified atom stereocenters. The van der Waals surface area contributed by atoms with Crippen molar-refractivity contribution in [2.75, 3.05) is 6.54 Å². The van der Waals surface area contributed by atoms with Crippen molar-refractivity contribution >= 4 is 29.4 Å². The Morgan fingerprint density at radius 3 is 2.43 bits per heavy atom. The van der Waals surface area contributed by atoms with Crippen molar-refractivity contribution < 1.29 is 24.1 Å². The van der Waals surface area contributed by atoms with E-state index in [1.807, 2.05) is 5.32 Å². The minimum atomic E-state index is -1.01. The van der Waals surface area contributed by atoms with E-state index in [0.29, 0.717) is 10.0 Å². The lowest BCUT2D eigenvalue weighted by Crippen LogP contribution is -2.47. The highest BCUT2D eigenvalue weighted by atomic mass is 16.6. The van der Waals surface area contributed by atoms with Crippen LogP contribution in [0.4, 0.5) is 10.5 Å². The number of benzene rings is 1. The summed E-state index contributed by atoms with van der Waals surface area (Å²) in [5, 5.41) is 13.9. The molecular weight excluding hydrogens is 284 g/mol. The SMILES string of the molecule is O=C1CN(N2C(=O)c3cccc([N+](=O)[O-])c3C2=O)C(=O)N1. The summed E-state index contributed by atoms with van der Waals surface area (Å²) in [5.74, 6) is -2.57. The molecule has 1 aromatic carbocycles. The number of hydrogen-bond acceptors (Lipinski definition) is 6. The van der Waals surface area contributed by atoms with E-state index in [2.05, 4.69) is 0 Å². The highest BCUT2D eigenvalue weighted by molar-refractivity contribution is 6.24. The Morgan fingerprint density at radius 1 is 1.14 bits per heavy atom. The third kappa shape index (κ3) is 1.65. The number of nitro groups is 1. The van der Waals surface area contributed by atoms with E-state index in [1.54, 1.807) is 0 Å². The first-order valence-electron chi connectivity index (χ1n) is 5.69. The van der Waals surface area contributed by atoms with Crippen molar-refractivity contribution in [2.24, 2.45) is 0 Å². The lowest BCUT2D eigenvalue weighted by atomic mass is 10.1. The van der Waals surface area contributed by atoms with Gasteiger partial charge in [-0.25, -0.2) is 9.80 Å². The fourth-order valence-corrected chi connectivity index (χ4v) is 2.22. The minimum Gasteiger partial charge on any atom is -0.275 e. The topological polar surface area (TPSA) is 130 Å². The Kier molecular flexibility index (Phi) is 2.48. The third-order valence-electron chi connectivity index (χ3n) is 3.08. The molecule has 0 spiro atoms. The number of imide groups is 2. The van der Waals surface area contributed by atoms with Crippen molar-refractivity contribution in [3.63, 3.8) is 0 Å². The van der Waals surface area contributed by atoms with E-state index in [9.17, 15) is 29.3 Å². The van der Waals surface area contributed by atoms with E-state index >= 15 is 0 Å². The number of carbonyl (C=O) groups excluding carboxylic acids is 4. The number of nitrogens with zero attached hydrogens (tertiary/aromatic N) is 3. The second-order valence-electron chi connectivity index (χ2n) is 4.29. The molecule has 0 bridgehead atoms. The van der Waals surface area contributed by atoms with Gasteiger partial charge in [-0.1, -0.05) is 6.07 Å². The third-order valence-corrected chi connectivity index (χ3v) is 3.08. The van der Waals surface area contributed by atoms with Gasteiger partial charge < -0.3 is 0 Å². The van der Waals surface area contributed by atoms with Crippen LogP contribution in [-0.2, 0) is 4.79 Å². The molecule has 1 saturated heterocycles. The maximum Gasteiger partial charge on any atom is 0.343 e. The monoisotopic (exact) mass is 290 g/mol. The van der Waals surface area contributed by atoms with Gasteiger partial charge in [0.15, 0.2) is 0 Å². The largest absolute Gasteiger partial charge is 0.343 e. The van der Waals surface area contributed by atoms with Crippen LogP contribution in [0.5, 0.6) is 0 Å². The van der Waals surface area contributed by atoms with Crippen LogP contribution >= 0.6 is 0 Å². The first-order valence-corrected chi connectivity index (χ1v) is 5.69. The molecule has 0 aliphatic carbocycles. The van der Waals surface area contributed by atoms with Crippen LogP contribution < -0.4 is 5.32 Å². The summed E-state index contributed by atoms with van der Waals surface area (Å²) in [6.07, 6.45) is 0. The van der Waals surface area contributed by atoms with Crippen LogP contribution in [0.15, 0.2) is 18.2 Å². The maximum atomic E-state index is 12.2. The molecule has 0 atom stereocenters. The van der Waals surface area contributed by atoms with Gasteiger partial charge in [0.25, 0.3) is 17.5 Å². The quantitative estimate of drug-likeness (QED) is 0.343. The zero-order chi connectivity index (χ0) is 15.3. The van der Waals surface area contributed by atoms with Gasteiger partial charge in [-0.15, -0.1) is 0 Å². The molecule has 0 aromatic heterocycles. The number of fused-ring (bicyclic) bond motifs is 1. The molecular formula is C11H6N4O6. The molecule has 3 rings (SSSR count). The molecule has 21 heavy (non-hydrogen) atoms. The Balaban J connectivity index is 2.09. The van der Waals surface area contributed by atoms with Gasteiger partial charge in [0, 0.05) is 6.07 Å². The van der Waals surface area contributed by atoms with Crippen LogP contribution in [0.1, 0.15) is 20.7 Å². The lowest BCUT2D eigenvalue weighted by Gasteiger charge is -2.22. The molecule has 10 nitrogen and oxygen atoms in total. The normalized spacial score (nSPS) is 17.3. The number of carbonyl (C=O) groups is 4. The lowest BCUT2D eigenvalue weighted by molar-refractivity contribution is -0.385. The number of rotatable bonds is 2. The first-order chi connectivity index (χ1) is 9.91. The molecule has 1 aromatic rings. The van der Waals surface area contributed by atoms with Crippen molar-refractivity contribution in [2.45, 2.75) is 0 Å². The second-order valence-corrected chi connectivity index (χ2v) is 4.29. The number of hydrogen-bond donors (Lipinski definition) is 1. The predicted octanol–water partition coefficient (Wildman–Crippen LogP) is -0.342. The van der Waals surface area contributed by atoms with Gasteiger partial charge in [0.1, 0.15) is 12.1 Å². The first kappa shape index (κ1) is 12.7. The summed E-state index contributed by atoms with van der Waals surface area (Å²) < 4.78 is 0. The van der Waals surface area contributed by atoms with E-state index < -0.39 is 40.9 Å². The second kappa shape index (κ2) is 4.10. The minimum absolute atomic E-state index is 0.179. The van der Waals surface area contributed by atoms with Crippen LogP contribution in [0.25, 0.3) is 0 Å². The number of urea groups is 1. The van der Waals surface area contributed by atoms with Crippen LogP contribution in [0.3, 0.4) is 0 Å². The summed E-state index contributed by atoms with van der Waals surface area (Å²) >= 11 is 0. The number of nitro benzene ring substituents is 1. The molecule has 5 amide bonds. The number of hydrazine groups is 1. The van der Waals surface area contributed by atoms with Crippen molar-refractivity contribution in [3.8, 4) is 0 Å². The van der Waals surface area contributed by atoms with Crippen molar-refractivity contribution in [1.29, 1.82) is 0 Å². The van der Waals surface area contributed by atoms with Gasteiger partial charge in [0.2, 0.25) is 5.91 Å². The van der Waals surface area contributed by atoms with E-state index in [4.69, 9.17) is 0 Å². The molecule has 0 saturated carbocycles. The van der Waals surface area contributed by atoms with Crippen molar-refractivity contribution in [3.05, 3.63) is 39.4 Å². The van der Waals surface area contributed by atoms with Gasteiger partial charge in [-0.3, -0.25) is 29.8 Å². The van der Waals surface area contributed by atoms with Gasteiger partial charge >= 0.3 is 6.03 Å². The fraction of sp³-hybridized carbons (Fsp3) is 0.0909. The summed E-state index contributed by atoms with van der Waals surface area (Å²) in [7, 11) is 0. The zero-order valence-corrected chi connectivity index (χ0v) is 10.2. The van der Waals surface area contributed by atoms with Gasteiger partial charge in [-0.2, -0.15) is 5.01 Å². The maximum absolute atomic E-state index is 12.2. The Bertz CT molecular complexity index is 742. The van der Waals surface area contributed by atoms with E-state index in [-0.39, 0.29) is 11.1 Å². The number of nitrogens with one attached hydrogen (secondary N) is 1. The van der Waals surface area contributed by atoms with E-state index in [0.717, 1.165) is 6.07 Å². The average molecular weight is 290 g/mol. The molecule has 2 heterocycles. The highest BCUT2D eigenvalue weighted by Gasteiger charge is 2.47. The fourth-order valence-electron chi connectivity index (χ4n) is 2.22. The molecule has 2 aliphatic rings. The summed E-state index contributed by atoms with van der Waals surface area (Å²) in [6, 6.07) is 2.67. The predicted molar refractivity (Wildman–Crippen MR) is 63.8 cm³/mol. The summed E-state index contributed by atoms with van der Waals surface area (Å²) in [6.45, 7) is -0.502. The standard InChI is InChI=1S/C11H6N4O6/c16-7-4-13(11(19)12-7)14-9(17)5-2-1-3-6(15(20)21)8(5)10(14)18/h1-3H,4H2,(H,12,16,19). The molecule has 10 heteroatoms.